The van der Waals surface area contributed by atoms with Gasteiger partial charge in [0.05, 0.1) is 0 Å². The van der Waals surface area contributed by atoms with Gasteiger partial charge in [0.2, 0.25) is 0 Å². The van der Waals surface area contributed by atoms with Crippen LogP contribution in [0.4, 0.5) is 0 Å². The summed E-state index contributed by atoms with van der Waals surface area (Å²) in [4.78, 5) is 0. The van der Waals surface area contributed by atoms with Gasteiger partial charge in [0.25, 0.3) is 0 Å². The molecule has 1 aromatic rings. The van der Waals surface area contributed by atoms with Gasteiger partial charge in [0.15, 0.2) is 0 Å². The van der Waals surface area contributed by atoms with Crippen LogP contribution in [-0.4, -0.2) is 17.5 Å². The molecule has 0 bridgehead atoms. The van der Waals surface area contributed by atoms with Crippen molar-refractivity contribution in [2.75, 3.05) is 12.0 Å². The van der Waals surface area contributed by atoms with Gasteiger partial charge >= 0.3 is 0 Å². The third-order valence-corrected chi connectivity index (χ3v) is 3.68. The molecule has 0 amide bonds. The van der Waals surface area contributed by atoms with Crippen molar-refractivity contribution in [3.8, 4) is 0 Å². The second-order valence-electron chi connectivity index (χ2n) is 4.35. The molecule has 3 heteroatoms. The molecule has 1 nitrogen and oxygen atoms in total. The zero-order chi connectivity index (χ0) is 11.5. The number of benzene rings is 1. The largest absolute Gasteiger partial charge is 0.324 e. The maximum atomic E-state index is 6.19. The number of hydrogen-bond donors (Lipinski definition) is 1. The maximum absolute atomic E-state index is 6.19. The van der Waals surface area contributed by atoms with Gasteiger partial charge in [-0.25, -0.2) is 0 Å². The Bertz CT molecular complexity index is 336. The van der Waals surface area contributed by atoms with Gasteiger partial charge < -0.3 is 5.73 Å². The number of nitrogens with two attached hydrogens (primary N) is 1. The molecule has 1 unspecified atom stereocenters. The third-order valence-electron chi connectivity index (χ3n) is 2.30. The van der Waals surface area contributed by atoms with Crippen molar-refractivity contribution in [2.45, 2.75) is 25.8 Å². The van der Waals surface area contributed by atoms with E-state index in [9.17, 15) is 0 Å². The average Bonchev–Trinajstić information content (AvgIpc) is 2.10. The van der Waals surface area contributed by atoms with E-state index in [4.69, 9.17) is 17.3 Å². The van der Waals surface area contributed by atoms with E-state index >= 15 is 0 Å². The first-order valence-corrected chi connectivity index (χ1v) is 6.75. The lowest BCUT2D eigenvalue weighted by atomic mass is 9.95. The Morgan fingerprint density at radius 2 is 2.13 bits per heavy atom. The molecule has 0 heterocycles. The van der Waals surface area contributed by atoms with Crippen LogP contribution in [0.25, 0.3) is 0 Å². The van der Waals surface area contributed by atoms with Gasteiger partial charge in [-0.1, -0.05) is 23.7 Å². The summed E-state index contributed by atoms with van der Waals surface area (Å²) in [7, 11) is 0. The van der Waals surface area contributed by atoms with Crippen LogP contribution in [0.1, 0.15) is 18.1 Å². The quantitative estimate of drug-likeness (QED) is 0.879. The normalized spacial score (nSPS) is 15.0. The molecule has 0 aromatic heterocycles. The van der Waals surface area contributed by atoms with Crippen LogP contribution in [-0.2, 0) is 6.42 Å². The summed E-state index contributed by atoms with van der Waals surface area (Å²) >= 11 is 7.76. The van der Waals surface area contributed by atoms with Crippen molar-refractivity contribution >= 4 is 23.4 Å². The second kappa shape index (κ2) is 5.24. The van der Waals surface area contributed by atoms with Crippen LogP contribution in [0.2, 0.25) is 5.02 Å². The van der Waals surface area contributed by atoms with Crippen molar-refractivity contribution in [2.24, 2.45) is 5.73 Å². The lowest BCUT2D eigenvalue weighted by Gasteiger charge is -2.23. The van der Waals surface area contributed by atoms with E-state index in [1.165, 1.54) is 5.56 Å². The van der Waals surface area contributed by atoms with Gasteiger partial charge in [-0.15, -0.1) is 0 Å². The highest BCUT2D eigenvalue weighted by Gasteiger charge is 2.18. The Hall–Kier alpha value is -0.180. The molecule has 0 aliphatic rings. The van der Waals surface area contributed by atoms with Crippen LogP contribution in [0.15, 0.2) is 18.2 Å². The van der Waals surface area contributed by atoms with E-state index in [1.54, 1.807) is 11.8 Å². The van der Waals surface area contributed by atoms with Crippen LogP contribution >= 0.6 is 23.4 Å². The molecule has 0 spiro atoms. The number of hydrogen-bond acceptors (Lipinski definition) is 2. The van der Waals surface area contributed by atoms with E-state index in [1.807, 2.05) is 13.0 Å². The first kappa shape index (κ1) is 12.9. The Morgan fingerprint density at radius 3 is 2.67 bits per heavy atom. The molecule has 0 fully saturated rings. The molecule has 2 N–H and O–H groups in total. The zero-order valence-corrected chi connectivity index (χ0v) is 11.1. The molecule has 1 aromatic carbocycles. The lowest BCUT2D eigenvalue weighted by Crippen LogP contribution is -2.41. The summed E-state index contributed by atoms with van der Waals surface area (Å²) in [5.41, 5.74) is 8.43. The van der Waals surface area contributed by atoms with Crippen LogP contribution in [0.3, 0.4) is 0 Å². The Labute approximate surface area is 101 Å². The summed E-state index contributed by atoms with van der Waals surface area (Å²) in [5.74, 6) is 0.967. The van der Waals surface area contributed by atoms with Crippen molar-refractivity contribution in [3.05, 3.63) is 34.3 Å². The SMILES string of the molecule is CSCC(C)(N)Cc1ccc(Cl)c(C)c1. The molecule has 0 radical (unpaired) electrons. The monoisotopic (exact) mass is 243 g/mol. The Morgan fingerprint density at radius 1 is 1.47 bits per heavy atom. The summed E-state index contributed by atoms with van der Waals surface area (Å²) in [6.45, 7) is 4.11. The third kappa shape index (κ3) is 4.06. The first-order chi connectivity index (χ1) is 6.94. The molecule has 0 aliphatic heterocycles. The highest BCUT2D eigenvalue weighted by molar-refractivity contribution is 7.98. The number of aryl methyl sites for hydroxylation is 1. The number of thioether (sulfide) groups is 1. The molecular formula is C12H18ClNS. The Kier molecular flexibility index (Phi) is 4.50. The van der Waals surface area contributed by atoms with E-state index in [-0.39, 0.29) is 5.54 Å². The van der Waals surface area contributed by atoms with Crippen molar-refractivity contribution < 1.29 is 0 Å². The summed E-state index contributed by atoms with van der Waals surface area (Å²) in [6, 6.07) is 6.12. The highest BCUT2D eigenvalue weighted by Crippen LogP contribution is 2.20. The first-order valence-electron chi connectivity index (χ1n) is 4.97. The molecule has 1 atom stereocenters. The summed E-state index contributed by atoms with van der Waals surface area (Å²) < 4.78 is 0. The van der Waals surface area contributed by atoms with E-state index < -0.39 is 0 Å². The molecule has 1 rings (SSSR count). The minimum absolute atomic E-state index is 0.139. The molecule has 0 aliphatic carbocycles. The van der Waals surface area contributed by atoms with Crippen LogP contribution in [0.5, 0.6) is 0 Å². The number of rotatable bonds is 4. The predicted octanol–water partition coefficient (Wildman–Crippen LogP) is 3.27. The molecule has 15 heavy (non-hydrogen) atoms. The second-order valence-corrected chi connectivity index (χ2v) is 5.62. The van der Waals surface area contributed by atoms with Crippen LogP contribution in [0, 0.1) is 6.92 Å². The van der Waals surface area contributed by atoms with Crippen LogP contribution < -0.4 is 5.73 Å². The van der Waals surface area contributed by atoms with Gasteiger partial charge in [-0.2, -0.15) is 11.8 Å². The van der Waals surface area contributed by atoms with Gasteiger partial charge in [-0.05, 0) is 43.7 Å². The van der Waals surface area contributed by atoms with E-state index in [0.717, 1.165) is 22.8 Å². The summed E-state index contributed by atoms with van der Waals surface area (Å²) in [6.07, 6.45) is 2.98. The summed E-state index contributed by atoms with van der Waals surface area (Å²) in [5, 5.41) is 0.822. The molecule has 0 saturated carbocycles. The minimum atomic E-state index is -0.139. The van der Waals surface area contributed by atoms with Gasteiger partial charge in [0.1, 0.15) is 0 Å². The van der Waals surface area contributed by atoms with E-state index in [0.29, 0.717) is 0 Å². The predicted molar refractivity (Wildman–Crippen MR) is 70.9 cm³/mol. The fourth-order valence-corrected chi connectivity index (χ4v) is 2.54. The van der Waals surface area contributed by atoms with Gasteiger partial charge in [-0.3, -0.25) is 0 Å². The van der Waals surface area contributed by atoms with Crippen molar-refractivity contribution in [3.63, 3.8) is 0 Å². The standard InChI is InChI=1S/C12H18ClNS/c1-9-6-10(4-5-11(9)13)7-12(2,14)8-15-3/h4-6H,7-8,14H2,1-3H3. The molecular weight excluding hydrogens is 226 g/mol. The molecule has 0 saturated heterocycles. The lowest BCUT2D eigenvalue weighted by molar-refractivity contribution is 0.527. The smallest absolute Gasteiger partial charge is 0.0435 e. The minimum Gasteiger partial charge on any atom is -0.324 e. The van der Waals surface area contributed by atoms with Gasteiger partial charge in [0, 0.05) is 16.3 Å². The van der Waals surface area contributed by atoms with Crippen molar-refractivity contribution in [1.82, 2.24) is 0 Å². The Balaban J connectivity index is 2.76. The van der Waals surface area contributed by atoms with E-state index in [2.05, 4.69) is 25.3 Å². The topological polar surface area (TPSA) is 26.0 Å². The number of halogens is 1. The fraction of sp³-hybridized carbons (Fsp3) is 0.500. The molecule has 84 valence electrons. The maximum Gasteiger partial charge on any atom is 0.0435 e. The highest BCUT2D eigenvalue weighted by atomic mass is 35.5. The fourth-order valence-electron chi connectivity index (χ4n) is 1.66. The van der Waals surface area contributed by atoms with Crippen molar-refractivity contribution in [1.29, 1.82) is 0 Å². The zero-order valence-electron chi connectivity index (χ0n) is 9.51. The average molecular weight is 244 g/mol.